The quantitative estimate of drug-likeness (QED) is 0.249. The normalized spacial score (nSPS) is 3.79. The van der Waals surface area contributed by atoms with Crippen molar-refractivity contribution in [3.63, 3.8) is 0 Å². The average Bonchev–Trinajstić information content (AvgIpc) is 1.54. The first-order valence-electron chi connectivity index (χ1n) is 1.64. The minimum atomic E-state index is -1.75. The van der Waals surface area contributed by atoms with Gasteiger partial charge in [0.2, 0.25) is 0 Å². The summed E-state index contributed by atoms with van der Waals surface area (Å²) in [5.74, 6) is 0. The minimum Gasteiger partial charge on any atom is -0.412 e. The Bertz CT molecular complexity index is 115. The summed E-state index contributed by atoms with van der Waals surface area (Å²) < 4.78 is 0. The van der Waals surface area contributed by atoms with Gasteiger partial charge in [0, 0.05) is 0 Å². The van der Waals surface area contributed by atoms with Crippen LogP contribution in [0.4, 0.5) is 0 Å². The number of nitrogens with zero attached hydrogens (tertiary/aromatic N) is 3. The summed E-state index contributed by atoms with van der Waals surface area (Å²) in [4.78, 5) is 24.8. The second-order valence-electron chi connectivity index (χ2n) is 0.671. The first-order chi connectivity index (χ1) is 5.20. The van der Waals surface area contributed by atoms with Crippen molar-refractivity contribution in [3.8, 4) is 0 Å². The molecular formula is H12GdN3O15. The van der Waals surface area contributed by atoms with Gasteiger partial charge >= 0.3 is 39.9 Å². The fourth-order valence-electron chi connectivity index (χ4n) is 0. The Morgan fingerprint density at radius 3 is 0.421 bits per heavy atom. The van der Waals surface area contributed by atoms with Crippen LogP contribution < -0.4 is 0 Å². The van der Waals surface area contributed by atoms with Crippen molar-refractivity contribution in [1.82, 2.24) is 0 Å². The van der Waals surface area contributed by atoms with Crippen LogP contribution >= 0.6 is 0 Å². The van der Waals surface area contributed by atoms with E-state index >= 15 is 0 Å². The van der Waals surface area contributed by atoms with E-state index in [1.807, 2.05) is 0 Å². The molecule has 0 bridgehead atoms. The monoisotopic (exact) mass is 452 g/mol. The zero-order chi connectivity index (χ0) is 10.7. The van der Waals surface area contributed by atoms with Crippen LogP contribution in [-0.2, 0) is 0 Å². The Morgan fingerprint density at radius 1 is 0.421 bits per heavy atom. The van der Waals surface area contributed by atoms with Crippen molar-refractivity contribution < 1.29 is 88.1 Å². The van der Waals surface area contributed by atoms with E-state index in [0.29, 0.717) is 0 Å². The summed E-state index contributed by atoms with van der Waals surface area (Å²) in [6, 6.07) is 0. The van der Waals surface area contributed by atoms with Gasteiger partial charge in [0.1, 0.15) is 0 Å². The molecule has 0 unspecified atom stereocenters. The number of rotatable bonds is 0. The molecule has 0 aromatic carbocycles. The molecule has 0 rings (SSSR count). The van der Waals surface area contributed by atoms with Crippen LogP contribution in [0.5, 0.6) is 0 Å². The van der Waals surface area contributed by atoms with Crippen molar-refractivity contribution in [2.24, 2.45) is 0 Å². The summed E-state index contributed by atoms with van der Waals surface area (Å²) in [6.45, 7) is 0. The predicted octanol–water partition coefficient (Wildman–Crippen LogP) is -5.67. The summed E-state index contributed by atoms with van der Waals surface area (Å²) >= 11 is 0. The van der Waals surface area contributed by atoms with Gasteiger partial charge in [-0.3, -0.25) is 0 Å². The van der Waals surface area contributed by atoms with Crippen molar-refractivity contribution in [2.45, 2.75) is 0 Å². The van der Waals surface area contributed by atoms with Gasteiger partial charge in [-0.1, -0.05) is 0 Å². The summed E-state index contributed by atoms with van der Waals surface area (Å²) in [5.41, 5.74) is 0. The average molecular weight is 451 g/mol. The molecule has 0 aromatic rings. The molecule has 0 aromatic heterocycles. The van der Waals surface area contributed by atoms with E-state index in [1.54, 1.807) is 0 Å². The zero-order valence-corrected chi connectivity index (χ0v) is 10.6. The summed E-state index contributed by atoms with van der Waals surface area (Å²) in [7, 11) is 0. The Labute approximate surface area is 134 Å². The predicted molar refractivity (Wildman–Crippen MR) is 52.8 cm³/mol. The Kier molecular flexibility index (Phi) is 305. The molecule has 1 radical (unpaired) electrons. The van der Waals surface area contributed by atoms with Gasteiger partial charge in [-0.25, -0.2) is 0 Å². The molecule has 125 valence electrons. The van der Waals surface area contributed by atoms with E-state index < -0.39 is 15.3 Å². The third-order valence-electron chi connectivity index (χ3n) is 0. The van der Waals surface area contributed by atoms with E-state index in [1.165, 1.54) is 0 Å². The second-order valence-corrected chi connectivity index (χ2v) is 0.671. The van der Waals surface area contributed by atoms with Gasteiger partial charge in [0.05, 0.1) is 15.3 Å². The van der Waals surface area contributed by atoms with Crippen LogP contribution in [0.3, 0.4) is 0 Å². The molecule has 0 fully saturated rings. The molecular weight excluding hydrogens is 439 g/mol. The molecule has 0 aliphatic rings. The fraction of sp³-hybridized carbons (Fsp3) is 0. The van der Waals surface area contributed by atoms with Crippen molar-refractivity contribution in [3.05, 3.63) is 46.0 Å². The van der Waals surface area contributed by atoms with Crippen LogP contribution in [0.25, 0.3) is 0 Å². The summed E-state index contributed by atoms with van der Waals surface area (Å²) in [6.07, 6.45) is 0. The molecule has 0 aliphatic carbocycles. The number of hydrogen-bond acceptors (Lipinski definition) is 9. The first kappa shape index (κ1) is 83.4. The number of hydrogen-bond donors (Lipinski definition) is 0. The SMILES string of the molecule is O.O.O.O.O.O.O=[N+]([O-])[O-].O=[N+]([O-])[O-].O=[N+]([O-])[O-].[Gd+3]. The molecule has 18 nitrogen and oxygen atoms in total. The second kappa shape index (κ2) is 69.5. The smallest absolute Gasteiger partial charge is 0.412 e. The molecule has 0 heterocycles. The van der Waals surface area contributed by atoms with Crippen molar-refractivity contribution in [1.29, 1.82) is 0 Å². The largest absolute Gasteiger partial charge is 3.00 e. The fourth-order valence-corrected chi connectivity index (χ4v) is 0. The van der Waals surface area contributed by atoms with Gasteiger partial charge < -0.3 is 78.8 Å². The topological polar surface area (TPSA) is 388 Å². The molecule has 0 atom stereocenters. The third-order valence-corrected chi connectivity index (χ3v) is 0. The van der Waals surface area contributed by atoms with Crippen LogP contribution in [-0.4, -0.2) is 48.1 Å². The van der Waals surface area contributed by atoms with Gasteiger partial charge in [0.15, 0.2) is 0 Å². The first-order valence-corrected chi connectivity index (χ1v) is 1.64. The maximum atomic E-state index is 8.25. The van der Waals surface area contributed by atoms with E-state index in [9.17, 15) is 0 Å². The molecule has 0 saturated carbocycles. The van der Waals surface area contributed by atoms with Crippen LogP contribution in [0.15, 0.2) is 0 Å². The maximum absolute atomic E-state index is 8.25. The van der Waals surface area contributed by atoms with Gasteiger partial charge in [0.25, 0.3) is 0 Å². The van der Waals surface area contributed by atoms with Crippen molar-refractivity contribution in [2.75, 3.05) is 0 Å². The molecule has 0 aliphatic heterocycles. The Balaban J connectivity index is -0.00000000675. The Morgan fingerprint density at radius 2 is 0.421 bits per heavy atom. The zero-order valence-electron chi connectivity index (χ0n) is 8.37. The minimum absolute atomic E-state index is 0. The molecule has 19 heavy (non-hydrogen) atoms. The molecule has 19 heteroatoms. The molecule has 0 saturated heterocycles. The summed E-state index contributed by atoms with van der Waals surface area (Å²) in [5, 5.41) is 44.2. The molecule has 0 spiro atoms. The van der Waals surface area contributed by atoms with E-state index in [4.69, 9.17) is 46.0 Å². The van der Waals surface area contributed by atoms with Crippen molar-refractivity contribution >= 4 is 0 Å². The van der Waals surface area contributed by atoms with Crippen LogP contribution in [0.2, 0.25) is 0 Å². The van der Waals surface area contributed by atoms with Gasteiger partial charge in [-0.05, 0) is 0 Å². The van der Waals surface area contributed by atoms with Crippen LogP contribution in [0.1, 0.15) is 0 Å². The van der Waals surface area contributed by atoms with E-state index in [0.717, 1.165) is 0 Å². The standard InChI is InChI=1S/Gd.3NO3.6H2O/c;3*2-1(3)4;;;;;;/h;;;;6*1H2/q+3;3*-1;;;;;;. The third kappa shape index (κ3) is 2080. The molecule has 0 amide bonds. The van der Waals surface area contributed by atoms with E-state index in [2.05, 4.69) is 0 Å². The molecule has 12 N–H and O–H groups in total. The van der Waals surface area contributed by atoms with Gasteiger partial charge in [-0.2, -0.15) is 0 Å². The van der Waals surface area contributed by atoms with Crippen LogP contribution in [0, 0.1) is 85.9 Å². The maximum Gasteiger partial charge on any atom is 3.00 e. The van der Waals surface area contributed by atoms with Gasteiger partial charge in [-0.15, -0.1) is 0 Å². The Hall–Kier alpha value is -1.32. The van der Waals surface area contributed by atoms with E-state index in [-0.39, 0.29) is 72.8 Å².